The highest BCUT2D eigenvalue weighted by Gasteiger charge is 2.24. The van der Waals surface area contributed by atoms with E-state index in [1.54, 1.807) is 12.3 Å². The predicted molar refractivity (Wildman–Crippen MR) is 121 cm³/mol. The molecule has 0 aliphatic carbocycles. The zero-order chi connectivity index (χ0) is 21.0. The van der Waals surface area contributed by atoms with Gasteiger partial charge in [-0.15, -0.1) is 0 Å². The van der Waals surface area contributed by atoms with Gasteiger partial charge in [0.1, 0.15) is 11.5 Å². The van der Waals surface area contributed by atoms with Crippen molar-refractivity contribution in [3.8, 4) is 0 Å². The van der Waals surface area contributed by atoms with Crippen molar-refractivity contribution < 1.29 is 4.79 Å². The Hall–Kier alpha value is -3.51. The van der Waals surface area contributed by atoms with Crippen LogP contribution in [-0.4, -0.2) is 56.4 Å². The summed E-state index contributed by atoms with van der Waals surface area (Å²) in [4.78, 5) is 26.1. The summed E-state index contributed by atoms with van der Waals surface area (Å²) in [6.45, 7) is 4.63. The highest BCUT2D eigenvalue weighted by atomic mass is 16.2. The van der Waals surface area contributed by atoms with Crippen molar-refractivity contribution in [2.75, 3.05) is 26.2 Å². The minimum Gasteiger partial charge on any atom is -0.335 e. The molecule has 6 nitrogen and oxygen atoms in total. The number of amides is 1. The molecule has 156 valence electrons. The first-order valence-electron chi connectivity index (χ1n) is 10.7. The Morgan fingerprint density at radius 3 is 2.32 bits per heavy atom. The molecule has 0 N–H and O–H groups in total. The lowest BCUT2D eigenvalue weighted by Gasteiger charge is -2.34. The van der Waals surface area contributed by atoms with E-state index in [4.69, 9.17) is 4.98 Å². The molecule has 0 bridgehead atoms. The van der Waals surface area contributed by atoms with Crippen molar-refractivity contribution in [3.63, 3.8) is 0 Å². The molecule has 1 saturated heterocycles. The van der Waals surface area contributed by atoms with E-state index in [-0.39, 0.29) is 5.91 Å². The van der Waals surface area contributed by atoms with Crippen LogP contribution in [0.15, 0.2) is 79.0 Å². The Morgan fingerprint density at radius 1 is 0.806 bits per heavy atom. The lowest BCUT2D eigenvalue weighted by molar-refractivity contribution is 0.0618. The molecule has 31 heavy (non-hydrogen) atoms. The number of fused-ring (bicyclic) bond motifs is 1. The molecule has 1 amide bonds. The van der Waals surface area contributed by atoms with Gasteiger partial charge in [-0.25, -0.2) is 4.98 Å². The topological polar surface area (TPSA) is 54.3 Å². The number of carbonyl (C=O) groups is 1. The van der Waals surface area contributed by atoms with Crippen molar-refractivity contribution in [2.24, 2.45) is 0 Å². The number of para-hydroxylation sites is 2. The summed E-state index contributed by atoms with van der Waals surface area (Å²) in [7, 11) is 0. The molecular formula is C25H25N5O. The van der Waals surface area contributed by atoms with E-state index in [9.17, 15) is 4.79 Å². The molecule has 0 spiro atoms. The summed E-state index contributed by atoms with van der Waals surface area (Å²) in [6, 6.07) is 24.3. The molecule has 0 saturated carbocycles. The van der Waals surface area contributed by atoms with E-state index in [0.29, 0.717) is 18.8 Å². The van der Waals surface area contributed by atoms with Crippen LogP contribution in [0.25, 0.3) is 11.0 Å². The molecule has 1 aliphatic heterocycles. The van der Waals surface area contributed by atoms with Gasteiger partial charge in [0.15, 0.2) is 0 Å². The molecule has 2 aromatic heterocycles. The van der Waals surface area contributed by atoms with Gasteiger partial charge < -0.3 is 9.47 Å². The van der Waals surface area contributed by atoms with Crippen LogP contribution in [0.1, 0.15) is 21.9 Å². The number of carbonyl (C=O) groups excluding carboxylic acids is 1. The fourth-order valence-electron chi connectivity index (χ4n) is 4.15. The fraction of sp³-hybridized carbons (Fsp3) is 0.240. The molecule has 3 heterocycles. The minimum absolute atomic E-state index is 0.0107. The van der Waals surface area contributed by atoms with E-state index in [1.165, 1.54) is 5.56 Å². The number of rotatable bonds is 5. The largest absolute Gasteiger partial charge is 0.335 e. The maximum atomic E-state index is 12.7. The Morgan fingerprint density at radius 2 is 1.55 bits per heavy atom. The number of piperazine rings is 1. The molecule has 2 aromatic carbocycles. The third-order valence-electron chi connectivity index (χ3n) is 5.83. The molecule has 0 radical (unpaired) electrons. The fourth-order valence-corrected chi connectivity index (χ4v) is 4.15. The summed E-state index contributed by atoms with van der Waals surface area (Å²) < 4.78 is 2.32. The van der Waals surface area contributed by atoms with Gasteiger partial charge in [-0.05, 0) is 29.8 Å². The summed E-state index contributed by atoms with van der Waals surface area (Å²) in [5.74, 6) is 1.08. The van der Waals surface area contributed by atoms with Gasteiger partial charge in [-0.1, -0.05) is 48.5 Å². The van der Waals surface area contributed by atoms with Crippen LogP contribution < -0.4 is 0 Å². The molecule has 0 unspecified atom stereocenters. The normalized spacial score (nSPS) is 14.8. The number of imidazole rings is 1. The summed E-state index contributed by atoms with van der Waals surface area (Å²) in [6.07, 6.45) is 1.67. The number of hydrogen-bond acceptors (Lipinski definition) is 4. The third-order valence-corrected chi connectivity index (χ3v) is 5.83. The van der Waals surface area contributed by atoms with Crippen LogP contribution in [0.3, 0.4) is 0 Å². The molecule has 0 atom stereocenters. The molecule has 1 aliphatic rings. The van der Waals surface area contributed by atoms with E-state index in [2.05, 4.69) is 56.9 Å². The predicted octanol–water partition coefficient (Wildman–Crippen LogP) is 3.44. The summed E-state index contributed by atoms with van der Waals surface area (Å²) >= 11 is 0. The number of benzene rings is 2. The number of aromatic nitrogens is 3. The van der Waals surface area contributed by atoms with Crippen molar-refractivity contribution in [3.05, 3.63) is 96.1 Å². The standard InChI is InChI=1S/C25H25N5O/c31-25(22-11-6-7-13-26-22)29-16-14-28(15-17-29)19-24-27-21-10-4-5-12-23(21)30(24)18-20-8-2-1-3-9-20/h1-13H,14-19H2. The molecule has 6 heteroatoms. The number of hydrogen-bond donors (Lipinski definition) is 0. The second kappa shape index (κ2) is 8.70. The maximum absolute atomic E-state index is 12.7. The van der Waals surface area contributed by atoms with Crippen molar-refractivity contribution in [1.29, 1.82) is 0 Å². The van der Waals surface area contributed by atoms with Crippen LogP contribution in [0.4, 0.5) is 0 Å². The van der Waals surface area contributed by atoms with Gasteiger partial charge in [-0.3, -0.25) is 14.7 Å². The number of pyridine rings is 1. The smallest absolute Gasteiger partial charge is 0.272 e. The molecule has 1 fully saturated rings. The third kappa shape index (κ3) is 4.20. The highest BCUT2D eigenvalue weighted by Crippen LogP contribution is 2.20. The van der Waals surface area contributed by atoms with E-state index in [0.717, 1.165) is 43.0 Å². The zero-order valence-corrected chi connectivity index (χ0v) is 17.4. The second-order valence-electron chi connectivity index (χ2n) is 7.87. The zero-order valence-electron chi connectivity index (χ0n) is 17.4. The summed E-state index contributed by atoms with van der Waals surface area (Å²) in [5.41, 5.74) is 3.96. The first-order valence-corrected chi connectivity index (χ1v) is 10.7. The van der Waals surface area contributed by atoms with Gasteiger partial charge in [0.2, 0.25) is 0 Å². The lowest BCUT2D eigenvalue weighted by atomic mass is 10.2. The van der Waals surface area contributed by atoms with Crippen molar-refractivity contribution >= 4 is 16.9 Å². The van der Waals surface area contributed by atoms with E-state index in [1.807, 2.05) is 29.2 Å². The first-order chi connectivity index (χ1) is 15.3. The van der Waals surface area contributed by atoms with E-state index < -0.39 is 0 Å². The van der Waals surface area contributed by atoms with Gasteiger partial charge in [0.05, 0.1) is 17.6 Å². The average Bonchev–Trinajstić information content (AvgIpc) is 3.17. The summed E-state index contributed by atoms with van der Waals surface area (Å²) in [5, 5.41) is 0. The van der Waals surface area contributed by atoms with E-state index >= 15 is 0 Å². The van der Waals surface area contributed by atoms with Crippen LogP contribution in [-0.2, 0) is 13.1 Å². The van der Waals surface area contributed by atoms with Crippen LogP contribution in [0, 0.1) is 0 Å². The highest BCUT2D eigenvalue weighted by molar-refractivity contribution is 5.92. The molecule has 4 aromatic rings. The Kier molecular flexibility index (Phi) is 5.46. The van der Waals surface area contributed by atoms with Gasteiger partial charge in [0.25, 0.3) is 5.91 Å². The minimum atomic E-state index is 0.0107. The van der Waals surface area contributed by atoms with Gasteiger partial charge >= 0.3 is 0 Å². The maximum Gasteiger partial charge on any atom is 0.272 e. The second-order valence-corrected chi connectivity index (χ2v) is 7.87. The van der Waals surface area contributed by atoms with Crippen molar-refractivity contribution in [2.45, 2.75) is 13.1 Å². The quantitative estimate of drug-likeness (QED) is 0.505. The van der Waals surface area contributed by atoms with Crippen molar-refractivity contribution in [1.82, 2.24) is 24.3 Å². The van der Waals surface area contributed by atoms with Gasteiger partial charge in [0, 0.05) is 38.9 Å². The Labute approximate surface area is 181 Å². The first kappa shape index (κ1) is 19.5. The number of nitrogens with zero attached hydrogens (tertiary/aromatic N) is 5. The average molecular weight is 412 g/mol. The monoisotopic (exact) mass is 411 g/mol. The molecular weight excluding hydrogens is 386 g/mol. The van der Waals surface area contributed by atoms with Crippen LogP contribution in [0.5, 0.6) is 0 Å². The molecule has 5 rings (SSSR count). The van der Waals surface area contributed by atoms with Crippen LogP contribution >= 0.6 is 0 Å². The lowest BCUT2D eigenvalue weighted by Crippen LogP contribution is -2.48. The SMILES string of the molecule is O=C(c1ccccn1)N1CCN(Cc2nc3ccccc3n2Cc2ccccc2)CC1. The Bertz CT molecular complexity index is 1160. The Balaban J connectivity index is 1.31. The van der Waals surface area contributed by atoms with Gasteiger partial charge in [-0.2, -0.15) is 0 Å². The van der Waals surface area contributed by atoms with Crippen LogP contribution in [0.2, 0.25) is 0 Å².